The van der Waals surface area contributed by atoms with Gasteiger partial charge >= 0.3 is 0 Å². The zero-order valence-corrected chi connectivity index (χ0v) is 20.9. The summed E-state index contributed by atoms with van der Waals surface area (Å²) >= 11 is 0. The van der Waals surface area contributed by atoms with E-state index in [9.17, 15) is 4.79 Å². The van der Waals surface area contributed by atoms with Gasteiger partial charge in [-0.05, 0) is 77.7 Å². The van der Waals surface area contributed by atoms with Crippen LogP contribution in [0.5, 0.6) is 11.5 Å². The van der Waals surface area contributed by atoms with Crippen LogP contribution in [-0.2, 0) is 13.0 Å². The van der Waals surface area contributed by atoms with Gasteiger partial charge in [-0.15, -0.1) is 0 Å². The van der Waals surface area contributed by atoms with Gasteiger partial charge in [-0.3, -0.25) is 4.79 Å². The van der Waals surface area contributed by atoms with Crippen molar-refractivity contribution in [2.45, 2.75) is 20.0 Å². The Balaban J connectivity index is 1.36. The largest absolute Gasteiger partial charge is 0.497 e. The Hall–Kier alpha value is -4.57. The fraction of sp³-hybridized carbons (Fsp3) is 0.121. The van der Waals surface area contributed by atoms with Crippen molar-refractivity contribution in [2.24, 2.45) is 0 Å². The molecule has 0 saturated carbocycles. The molecule has 0 bridgehead atoms. The molecule has 3 heterocycles. The van der Waals surface area contributed by atoms with Crippen LogP contribution in [0.15, 0.2) is 103 Å². The topological polar surface area (TPSA) is 39.9 Å². The highest BCUT2D eigenvalue weighted by Gasteiger charge is 2.23. The lowest BCUT2D eigenvalue weighted by molar-refractivity contribution is 0.104. The number of methoxy groups -OCH3 is 1. The maximum Gasteiger partial charge on any atom is 0.195 e. The minimum Gasteiger partial charge on any atom is -0.497 e. The molecule has 3 aromatic carbocycles. The predicted molar refractivity (Wildman–Crippen MR) is 148 cm³/mol. The fourth-order valence-electron chi connectivity index (χ4n) is 5.17. The van der Waals surface area contributed by atoms with E-state index in [1.807, 2.05) is 84.9 Å². The summed E-state index contributed by atoms with van der Waals surface area (Å²) in [5.74, 6) is 1.57. The number of benzene rings is 3. The predicted octanol–water partition coefficient (Wildman–Crippen LogP) is 7.58. The molecular formula is C33H27NO3. The highest BCUT2D eigenvalue weighted by Crippen LogP contribution is 2.39. The van der Waals surface area contributed by atoms with E-state index in [1.54, 1.807) is 7.11 Å². The van der Waals surface area contributed by atoms with E-state index in [4.69, 9.17) is 9.47 Å². The second kappa shape index (κ2) is 9.47. The van der Waals surface area contributed by atoms with Crippen molar-refractivity contribution in [2.75, 3.05) is 7.11 Å². The number of aromatic nitrogens is 1. The van der Waals surface area contributed by atoms with Crippen molar-refractivity contribution in [3.63, 3.8) is 0 Å². The van der Waals surface area contributed by atoms with Gasteiger partial charge in [0.1, 0.15) is 18.1 Å². The number of hydrogen-bond donors (Lipinski definition) is 0. The molecule has 0 spiro atoms. The summed E-state index contributed by atoms with van der Waals surface area (Å²) in [6, 6.07) is 33.9. The Kier molecular flexibility index (Phi) is 5.85. The Bertz CT molecular complexity index is 1680. The number of carbonyl (C=O) groups excluding carboxylic acids is 1. The summed E-state index contributed by atoms with van der Waals surface area (Å²) in [5.41, 5.74) is 9.15. The smallest absolute Gasteiger partial charge is 0.195 e. The van der Waals surface area contributed by atoms with Gasteiger partial charge in [0.15, 0.2) is 5.78 Å². The van der Waals surface area contributed by atoms with Crippen LogP contribution >= 0.6 is 0 Å². The fourth-order valence-corrected chi connectivity index (χ4v) is 5.17. The molecule has 4 nitrogen and oxygen atoms in total. The molecule has 0 fully saturated rings. The van der Waals surface area contributed by atoms with Crippen LogP contribution in [0.3, 0.4) is 0 Å². The van der Waals surface area contributed by atoms with E-state index in [0.717, 1.165) is 45.6 Å². The molecule has 0 amide bonds. The molecule has 0 radical (unpaired) electrons. The van der Waals surface area contributed by atoms with Crippen LogP contribution in [0.4, 0.5) is 0 Å². The van der Waals surface area contributed by atoms with Crippen LogP contribution in [0.1, 0.15) is 34.0 Å². The first-order chi connectivity index (χ1) is 18.2. The van der Waals surface area contributed by atoms with Crippen LogP contribution < -0.4 is 9.47 Å². The van der Waals surface area contributed by atoms with Crippen LogP contribution in [0, 0.1) is 0 Å². The lowest BCUT2D eigenvalue weighted by Gasteiger charge is -2.08. The molecule has 6 rings (SSSR count). The van der Waals surface area contributed by atoms with Gasteiger partial charge in [0.25, 0.3) is 0 Å². The molecule has 0 atom stereocenters. The maximum atomic E-state index is 13.7. The lowest BCUT2D eigenvalue weighted by atomic mass is 9.98. The zero-order chi connectivity index (χ0) is 25.4. The Labute approximate surface area is 216 Å². The molecule has 6 aromatic rings. The number of carbonyl (C=O) groups is 1. The Morgan fingerprint density at radius 3 is 2.16 bits per heavy atom. The monoisotopic (exact) mass is 485 g/mol. The van der Waals surface area contributed by atoms with E-state index in [0.29, 0.717) is 17.7 Å². The Morgan fingerprint density at radius 2 is 1.46 bits per heavy atom. The van der Waals surface area contributed by atoms with Crippen LogP contribution in [-0.4, -0.2) is 17.3 Å². The summed E-state index contributed by atoms with van der Waals surface area (Å²) in [6.45, 7) is 2.67. The van der Waals surface area contributed by atoms with Gasteiger partial charge in [0.2, 0.25) is 0 Å². The van der Waals surface area contributed by atoms with Crippen molar-refractivity contribution < 1.29 is 14.3 Å². The third-order valence-electron chi connectivity index (χ3n) is 7.00. The molecule has 3 aromatic heterocycles. The van der Waals surface area contributed by atoms with Crippen molar-refractivity contribution in [1.29, 1.82) is 0 Å². The zero-order valence-electron chi connectivity index (χ0n) is 20.9. The maximum absolute atomic E-state index is 13.7. The normalized spacial score (nSPS) is 11.3. The first-order valence-corrected chi connectivity index (χ1v) is 12.5. The highest BCUT2D eigenvalue weighted by molar-refractivity contribution is 6.16. The summed E-state index contributed by atoms with van der Waals surface area (Å²) in [5, 5.41) is 0. The summed E-state index contributed by atoms with van der Waals surface area (Å²) in [6.07, 6.45) is 0.899. The third kappa shape index (κ3) is 4.01. The van der Waals surface area contributed by atoms with Gasteiger partial charge in [0, 0.05) is 16.7 Å². The van der Waals surface area contributed by atoms with Crippen LogP contribution in [0.2, 0.25) is 0 Å². The van der Waals surface area contributed by atoms with E-state index in [2.05, 4.69) is 29.5 Å². The highest BCUT2D eigenvalue weighted by atomic mass is 16.5. The minimum absolute atomic E-state index is 0.00420. The number of pyridine rings is 1. The summed E-state index contributed by atoms with van der Waals surface area (Å²) in [7, 11) is 1.67. The van der Waals surface area contributed by atoms with Gasteiger partial charge in [-0.25, -0.2) is 0 Å². The number of nitrogens with zero attached hydrogens (tertiary/aromatic N) is 1. The molecule has 37 heavy (non-hydrogen) atoms. The average molecular weight is 486 g/mol. The van der Waals surface area contributed by atoms with Gasteiger partial charge in [-0.1, -0.05) is 55.5 Å². The lowest BCUT2D eigenvalue weighted by Crippen LogP contribution is -2.02. The first kappa shape index (κ1) is 22.9. The van der Waals surface area contributed by atoms with Crippen LogP contribution in [0.25, 0.3) is 27.7 Å². The molecule has 182 valence electrons. The van der Waals surface area contributed by atoms with Gasteiger partial charge in [-0.2, -0.15) is 0 Å². The molecule has 4 heteroatoms. The number of aryl methyl sites for hydroxylation is 1. The number of hydrogen-bond acceptors (Lipinski definition) is 3. The molecule has 0 N–H and O–H groups in total. The van der Waals surface area contributed by atoms with Crippen molar-refractivity contribution in [3.05, 3.63) is 125 Å². The molecular weight excluding hydrogens is 458 g/mol. The van der Waals surface area contributed by atoms with Gasteiger partial charge < -0.3 is 13.9 Å². The third-order valence-corrected chi connectivity index (χ3v) is 7.00. The van der Waals surface area contributed by atoms with Crippen molar-refractivity contribution in [1.82, 2.24) is 4.40 Å². The van der Waals surface area contributed by atoms with E-state index in [1.165, 1.54) is 11.1 Å². The SMILES string of the molecule is CCc1c(-c2ccc(OC)cc2)c2cc(C(=O)c3ccc(OCc4ccccc4)cc3)c3cccc1n32. The van der Waals surface area contributed by atoms with Crippen molar-refractivity contribution >= 4 is 22.3 Å². The number of rotatable bonds is 8. The second-order valence-corrected chi connectivity index (χ2v) is 9.14. The quantitative estimate of drug-likeness (QED) is 0.209. The van der Waals surface area contributed by atoms with Crippen molar-refractivity contribution in [3.8, 4) is 22.6 Å². The first-order valence-electron chi connectivity index (χ1n) is 12.5. The van der Waals surface area contributed by atoms with E-state index in [-0.39, 0.29) is 5.78 Å². The van der Waals surface area contributed by atoms with Gasteiger partial charge in [0.05, 0.1) is 23.7 Å². The number of ether oxygens (including phenoxy) is 2. The molecule has 0 unspecified atom stereocenters. The summed E-state index contributed by atoms with van der Waals surface area (Å²) in [4.78, 5) is 13.7. The summed E-state index contributed by atoms with van der Waals surface area (Å²) < 4.78 is 13.5. The standard InChI is InChI=1S/C33H27NO3/c1-3-27-29-10-7-11-30-28(20-31(34(29)30)32(27)23-12-16-25(36-2)17-13-23)33(35)24-14-18-26(19-15-24)37-21-22-8-5-4-6-9-22/h4-20H,3,21H2,1-2H3. The molecule has 0 saturated heterocycles. The molecule has 0 aliphatic carbocycles. The molecule has 0 aliphatic rings. The van der Waals surface area contributed by atoms with E-state index < -0.39 is 0 Å². The second-order valence-electron chi connectivity index (χ2n) is 9.14. The van der Waals surface area contributed by atoms with E-state index >= 15 is 0 Å². The number of ketones is 1. The minimum atomic E-state index is 0.00420. The molecule has 0 aliphatic heterocycles. The Morgan fingerprint density at radius 1 is 0.757 bits per heavy atom. The average Bonchev–Trinajstić information content (AvgIpc) is 3.50.